The Labute approximate surface area is 131 Å². The molecule has 0 unspecified atom stereocenters. The monoisotopic (exact) mass is 294 g/mol. The molecule has 2 heterocycles. The molecule has 0 bridgehead atoms. The minimum Gasteiger partial charge on any atom is -0.343 e. The summed E-state index contributed by atoms with van der Waals surface area (Å²) in [6.45, 7) is 14.5. The zero-order valence-corrected chi connectivity index (χ0v) is 14.5. The topological polar surface area (TPSA) is 23.6 Å². The van der Waals surface area contributed by atoms with Crippen molar-refractivity contribution in [3.63, 3.8) is 0 Å². The summed E-state index contributed by atoms with van der Waals surface area (Å²) in [6.07, 6.45) is 5.88. The molecule has 2 fully saturated rings. The molecule has 0 atom stereocenters. The van der Waals surface area contributed by atoms with Gasteiger partial charge in [-0.3, -0.25) is 4.79 Å². The Balaban J connectivity index is 1.75. The van der Waals surface area contributed by atoms with Gasteiger partial charge < -0.3 is 9.80 Å². The van der Waals surface area contributed by atoms with E-state index in [0.29, 0.717) is 12.3 Å². The molecule has 0 aliphatic carbocycles. The number of carbonyl (C=O) groups excluding carboxylic acids is 1. The second-order valence-electron chi connectivity index (χ2n) is 8.23. The third-order valence-corrected chi connectivity index (χ3v) is 5.32. The van der Waals surface area contributed by atoms with Crippen LogP contribution in [0.2, 0.25) is 0 Å². The van der Waals surface area contributed by atoms with Gasteiger partial charge in [0.05, 0.1) is 0 Å². The number of nitrogens with zero attached hydrogens (tertiary/aromatic N) is 2. The molecule has 1 amide bonds. The van der Waals surface area contributed by atoms with Gasteiger partial charge >= 0.3 is 0 Å². The van der Waals surface area contributed by atoms with E-state index in [1.54, 1.807) is 0 Å². The molecule has 21 heavy (non-hydrogen) atoms. The van der Waals surface area contributed by atoms with Crippen molar-refractivity contribution in [2.75, 3.05) is 32.7 Å². The minimum atomic E-state index is 0.112. The fraction of sp³-hybridized carbons (Fsp3) is 0.944. The van der Waals surface area contributed by atoms with E-state index in [9.17, 15) is 4.79 Å². The molecule has 2 rings (SSSR count). The van der Waals surface area contributed by atoms with Gasteiger partial charge in [-0.15, -0.1) is 0 Å². The number of amides is 1. The van der Waals surface area contributed by atoms with Crippen molar-refractivity contribution in [3.8, 4) is 0 Å². The maximum absolute atomic E-state index is 12.3. The number of carbonyl (C=O) groups is 1. The van der Waals surface area contributed by atoms with Gasteiger partial charge in [0.25, 0.3) is 0 Å². The van der Waals surface area contributed by atoms with Crippen LogP contribution in [0, 0.1) is 17.3 Å². The lowest BCUT2D eigenvalue weighted by Crippen LogP contribution is -2.43. The zero-order chi connectivity index (χ0) is 15.5. The van der Waals surface area contributed by atoms with Crippen molar-refractivity contribution in [3.05, 3.63) is 0 Å². The molecule has 2 aliphatic rings. The third-order valence-electron chi connectivity index (χ3n) is 5.32. The predicted octanol–water partition coefficient (Wildman–Crippen LogP) is 3.39. The first-order valence-corrected chi connectivity index (χ1v) is 8.89. The van der Waals surface area contributed by atoms with Crippen LogP contribution in [0.1, 0.15) is 59.8 Å². The van der Waals surface area contributed by atoms with Crippen molar-refractivity contribution in [2.24, 2.45) is 17.3 Å². The van der Waals surface area contributed by atoms with Crippen molar-refractivity contribution < 1.29 is 4.79 Å². The number of piperidine rings is 2. The Morgan fingerprint density at radius 2 is 1.43 bits per heavy atom. The van der Waals surface area contributed by atoms with E-state index in [1.165, 1.54) is 45.3 Å². The SMILES string of the molecule is CCN1CCC(C2CCN(C(=O)CC(C)(C)C)CC2)CC1. The van der Waals surface area contributed by atoms with Crippen LogP contribution in [0.25, 0.3) is 0 Å². The molecule has 3 nitrogen and oxygen atoms in total. The molecule has 0 aromatic heterocycles. The highest BCUT2D eigenvalue weighted by molar-refractivity contribution is 5.76. The van der Waals surface area contributed by atoms with Crippen LogP contribution >= 0.6 is 0 Å². The van der Waals surface area contributed by atoms with Crippen LogP contribution < -0.4 is 0 Å². The van der Waals surface area contributed by atoms with Gasteiger partial charge in [0.2, 0.25) is 5.91 Å². The number of likely N-dealkylation sites (tertiary alicyclic amines) is 2. The van der Waals surface area contributed by atoms with E-state index in [1.807, 2.05) is 0 Å². The van der Waals surface area contributed by atoms with Crippen LogP contribution in [0.15, 0.2) is 0 Å². The molecular weight excluding hydrogens is 260 g/mol. The lowest BCUT2D eigenvalue weighted by molar-refractivity contribution is -0.134. The smallest absolute Gasteiger partial charge is 0.223 e. The fourth-order valence-corrected chi connectivity index (χ4v) is 3.93. The van der Waals surface area contributed by atoms with E-state index in [0.717, 1.165) is 24.9 Å². The van der Waals surface area contributed by atoms with E-state index < -0.39 is 0 Å². The van der Waals surface area contributed by atoms with Crippen molar-refractivity contribution in [1.82, 2.24) is 9.80 Å². The van der Waals surface area contributed by atoms with Crippen LogP contribution in [0.5, 0.6) is 0 Å². The predicted molar refractivity (Wildman–Crippen MR) is 88.2 cm³/mol. The average molecular weight is 294 g/mol. The van der Waals surface area contributed by atoms with Gasteiger partial charge in [-0.2, -0.15) is 0 Å². The zero-order valence-electron chi connectivity index (χ0n) is 14.5. The van der Waals surface area contributed by atoms with Gasteiger partial charge in [-0.05, 0) is 62.6 Å². The Bertz CT molecular complexity index is 332. The highest BCUT2D eigenvalue weighted by Crippen LogP contribution is 2.33. The van der Waals surface area contributed by atoms with E-state index >= 15 is 0 Å². The van der Waals surface area contributed by atoms with Gasteiger partial charge in [-0.25, -0.2) is 0 Å². The van der Waals surface area contributed by atoms with Crippen molar-refractivity contribution >= 4 is 5.91 Å². The summed E-state index contributed by atoms with van der Waals surface area (Å²) in [7, 11) is 0. The van der Waals surface area contributed by atoms with Gasteiger partial charge in [0.1, 0.15) is 0 Å². The summed E-state index contributed by atoms with van der Waals surface area (Å²) in [5.41, 5.74) is 0.112. The summed E-state index contributed by atoms with van der Waals surface area (Å²) < 4.78 is 0. The summed E-state index contributed by atoms with van der Waals surface area (Å²) >= 11 is 0. The highest BCUT2D eigenvalue weighted by Gasteiger charge is 2.31. The molecule has 0 N–H and O–H groups in total. The van der Waals surface area contributed by atoms with Crippen molar-refractivity contribution in [1.29, 1.82) is 0 Å². The first-order valence-electron chi connectivity index (χ1n) is 8.89. The summed E-state index contributed by atoms with van der Waals surface area (Å²) in [4.78, 5) is 17.0. The Kier molecular flexibility index (Phi) is 5.70. The van der Waals surface area contributed by atoms with Crippen LogP contribution in [-0.4, -0.2) is 48.4 Å². The van der Waals surface area contributed by atoms with Gasteiger partial charge in [0.15, 0.2) is 0 Å². The Hall–Kier alpha value is -0.570. The summed E-state index contributed by atoms with van der Waals surface area (Å²) in [5, 5.41) is 0. The number of hydrogen-bond donors (Lipinski definition) is 0. The molecule has 0 saturated carbocycles. The van der Waals surface area contributed by atoms with Gasteiger partial charge in [-0.1, -0.05) is 27.7 Å². The Morgan fingerprint density at radius 1 is 0.952 bits per heavy atom. The second kappa shape index (κ2) is 7.13. The number of hydrogen-bond acceptors (Lipinski definition) is 2. The first-order chi connectivity index (χ1) is 9.89. The molecule has 0 radical (unpaired) electrons. The molecule has 3 heteroatoms. The molecular formula is C18H34N2O. The standard InChI is InChI=1S/C18H34N2O/c1-5-19-10-6-15(7-11-19)16-8-12-20(13-9-16)17(21)14-18(2,3)4/h15-16H,5-14H2,1-4H3. The quantitative estimate of drug-likeness (QED) is 0.796. The molecule has 0 aromatic rings. The normalized spacial score (nSPS) is 23.5. The van der Waals surface area contributed by atoms with Gasteiger partial charge in [0, 0.05) is 19.5 Å². The molecule has 122 valence electrons. The maximum atomic E-state index is 12.3. The number of rotatable bonds is 3. The Morgan fingerprint density at radius 3 is 1.86 bits per heavy atom. The summed E-state index contributed by atoms with van der Waals surface area (Å²) in [5.74, 6) is 2.14. The molecule has 0 aromatic carbocycles. The minimum absolute atomic E-state index is 0.112. The van der Waals surface area contributed by atoms with Crippen LogP contribution in [0.3, 0.4) is 0 Å². The largest absolute Gasteiger partial charge is 0.343 e. The first kappa shape index (κ1) is 16.8. The fourth-order valence-electron chi connectivity index (χ4n) is 3.93. The lowest BCUT2D eigenvalue weighted by Gasteiger charge is -2.40. The van der Waals surface area contributed by atoms with E-state index in [2.05, 4.69) is 37.5 Å². The highest BCUT2D eigenvalue weighted by atomic mass is 16.2. The summed E-state index contributed by atoms with van der Waals surface area (Å²) in [6, 6.07) is 0. The lowest BCUT2D eigenvalue weighted by atomic mass is 9.78. The average Bonchev–Trinajstić information content (AvgIpc) is 2.46. The molecule has 2 aliphatic heterocycles. The molecule has 0 spiro atoms. The van der Waals surface area contributed by atoms with Crippen LogP contribution in [-0.2, 0) is 4.79 Å². The van der Waals surface area contributed by atoms with Crippen molar-refractivity contribution in [2.45, 2.75) is 59.8 Å². The van der Waals surface area contributed by atoms with E-state index in [4.69, 9.17) is 0 Å². The molecule has 2 saturated heterocycles. The maximum Gasteiger partial charge on any atom is 0.223 e. The van der Waals surface area contributed by atoms with Crippen LogP contribution in [0.4, 0.5) is 0 Å². The third kappa shape index (κ3) is 4.98. The second-order valence-corrected chi connectivity index (χ2v) is 8.23. The van der Waals surface area contributed by atoms with E-state index in [-0.39, 0.29) is 5.41 Å².